The third-order valence-electron chi connectivity index (χ3n) is 4.25. The van der Waals surface area contributed by atoms with Gasteiger partial charge in [-0.25, -0.2) is 0 Å². The fourth-order valence-corrected chi connectivity index (χ4v) is 3.45. The second-order valence-electron chi connectivity index (χ2n) is 6.12. The molecule has 5 heteroatoms. The van der Waals surface area contributed by atoms with E-state index in [1.54, 1.807) is 18.2 Å². The molecule has 0 amide bonds. The normalized spacial score (nSPS) is 16.4. The van der Waals surface area contributed by atoms with Crippen molar-refractivity contribution in [3.8, 4) is 5.75 Å². The quantitative estimate of drug-likeness (QED) is 0.802. The van der Waals surface area contributed by atoms with Crippen molar-refractivity contribution < 1.29 is 9.84 Å². The van der Waals surface area contributed by atoms with E-state index < -0.39 is 6.10 Å². The molecule has 1 aliphatic rings. The van der Waals surface area contributed by atoms with Crippen molar-refractivity contribution in [1.82, 2.24) is 4.90 Å². The Kier molecular flexibility index (Phi) is 6.38. The molecule has 3 rings (SSSR count). The first-order chi connectivity index (χ1) is 12.1. The van der Waals surface area contributed by atoms with Crippen molar-refractivity contribution in [3.05, 3.63) is 70.2 Å². The molecule has 25 heavy (non-hydrogen) atoms. The summed E-state index contributed by atoms with van der Waals surface area (Å²) >= 11 is 12.1. The minimum atomic E-state index is -0.598. The standard InChI is InChI=1S/C20H21Cl2NO2/c21-18-7-4-8-19(22)20(18)25-14-17(24)13-23-11-9-16(10-12-23)15-5-2-1-3-6-15/h1-9,17,24H,10-14H2. The van der Waals surface area contributed by atoms with E-state index >= 15 is 0 Å². The van der Waals surface area contributed by atoms with Gasteiger partial charge >= 0.3 is 0 Å². The van der Waals surface area contributed by atoms with Gasteiger partial charge in [-0.15, -0.1) is 0 Å². The molecule has 3 nitrogen and oxygen atoms in total. The molecule has 0 aliphatic carbocycles. The number of aliphatic hydroxyl groups is 1. The number of hydrogen-bond donors (Lipinski definition) is 1. The van der Waals surface area contributed by atoms with Crippen LogP contribution >= 0.6 is 23.2 Å². The summed E-state index contributed by atoms with van der Waals surface area (Å²) in [6.07, 6.45) is 2.62. The van der Waals surface area contributed by atoms with Crippen LogP contribution in [-0.2, 0) is 0 Å². The van der Waals surface area contributed by atoms with Crippen molar-refractivity contribution in [3.63, 3.8) is 0 Å². The van der Waals surface area contributed by atoms with Gasteiger partial charge in [-0.3, -0.25) is 4.90 Å². The number of rotatable bonds is 6. The third kappa shape index (κ3) is 4.99. The molecule has 1 unspecified atom stereocenters. The van der Waals surface area contributed by atoms with Gasteiger partial charge in [0.05, 0.1) is 10.0 Å². The number of hydrogen-bond acceptors (Lipinski definition) is 3. The van der Waals surface area contributed by atoms with Crippen LogP contribution < -0.4 is 4.74 Å². The van der Waals surface area contributed by atoms with Gasteiger partial charge in [0.15, 0.2) is 5.75 Å². The highest BCUT2D eigenvalue weighted by atomic mass is 35.5. The summed E-state index contributed by atoms with van der Waals surface area (Å²) in [5, 5.41) is 11.2. The van der Waals surface area contributed by atoms with E-state index in [0.717, 1.165) is 19.5 Å². The van der Waals surface area contributed by atoms with Gasteiger partial charge in [0, 0.05) is 19.6 Å². The summed E-state index contributed by atoms with van der Waals surface area (Å²) in [5.74, 6) is 0.426. The summed E-state index contributed by atoms with van der Waals surface area (Å²) in [4.78, 5) is 2.22. The lowest BCUT2D eigenvalue weighted by Gasteiger charge is -2.28. The zero-order chi connectivity index (χ0) is 17.6. The Balaban J connectivity index is 1.49. The van der Waals surface area contributed by atoms with Crippen LogP contribution in [0.25, 0.3) is 5.57 Å². The maximum absolute atomic E-state index is 10.3. The zero-order valence-corrected chi connectivity index (χ0v) is 15.4. The molecule has 2 aromatic rings. The molecule has 0 radical (unpaired) electrons. The Hall–Kier alpha value is -1.52. The topological polar surface area (TPSA) is 32.7 Å². The Labute approximate surface area is 158 Å². The minimum absolute atomic E-state index is 0.162. The Morgan fingerprint density at radius 1 is 1.04 bits per heavy atom. The highest BCUT2D eigenvalue weighted by molar-refractivity contribution is 6.37. The maximum atomic E-state index is 10.3. The summed E-state index contributed by atoms with van der Waals surface area (Å²) < 4.78 is 5.61. The molecule has 132 valence electrons. The van der Waals surface area contributed by atoms with Crippen molar-refractivity contribution >= 4 is 28.8 Å². The number of β-amino-alcohol motifs (C(OH)–C–C–N with tert-alkyl or cyclic N) is 1. The van der Waals surface area contributed by atoms with E-state index in [2.05, 4.69) is 35.2 Å². The summed E-state index contributed by atoms with van der Waals surface area (Å²) in [6, 6.07) is 15.6. The summed E-state index contributed by atoms with van der Waals surface area (Å²) in [5.41, 5.74) is 2.64. The van der Waals surface area contributed by atoms with Crippen LogP contribution in [0.1, 0.15) is 12.0 Å². The first-order valence-corrected chi connectivity index (χ1v) is 9.11. The minimum Gasteiger partial charge on any atom is -0.488 e. The number of para-hydroxylation sites is 1. The van der Waals surface area contributed by atoms with Crippen molar-refractivity contribution in [2.45, 2.75) is 12.5 Å². The second-order valence-corrected chi connectivity index (χ2v) is 6.93. The first kappa shape index (κ1) is 18.3. The van der Waals surface area contributed by atoms with Crippen LogP contribution in [0.15, 0.2) is 54.6 Å². The Bertz CT molecular complexity index is 713. The predicted octanol–water partition coefficient (Wildman–Crippen LogP) is 4.52. The van der Waals surface area contributed by atoms with Crippen LogP contribution in [0, 0.1) is 0 Å². The zero-order valence-electron chi connectivity index (χ0n) is 13.9. The Morgan fingerprint density at radius 2 is 1.76 bits per heavy atom. The predicted molar refractivity (Wildman–Crippen MR) is 103 cm³/mol. The Morgan fingerprint density at radius 3 is 2.40 bits per heavy atom. The number of benzene rings is 2. The monoisotopic (exact) mass is 377 g/mol. The molecule has 1 N–H and O–H groups in total. The van der Waals surface area contributed by atoms with E-state index in [1.807, 2.05) is 6.07 Å². The smallest absolute Gasteiger partial charge is 0.156 e. The van der Waals surface area contributed by atoms with Gasteiger partial charge in [-0.05, 0) is 29.7 Å². The lowest BCUT2D eigenvalue weighted by molar-refractivity contribution is 0.0717. The number of halogens is 2. The fourth-order valence-electron chi connectivity index (χ4n) is 2.94. The number of ether oxygens (including phenoxy) is 1. The molecule has 0 fully saturated rings. The molecular formula is C20H21Cl2NO2. The molecule has 1 atom stereocenters. The molecule has 1 aliphatic heterocycles. The van der Waals surface area contributed by atoms with Gasteiger partial charge < -0.3 is 9.84 Å². The highest BCUT2D eigenvalue weighted by Gasteiger charge is 2.17. The first-order valence-electron chi connectivity index (χ1n) is 8.35. The van der Waals surface area contributed by atoms with E-state index in [1.165, 1.54) is 11.1 Å². The van der Waals surface area contributed by atoms with E-state index in [-0.39, 0.29) is 6.61 Å². The highest BCUT2D eigenvalue weighted by Crippen LogP contribution is 2.32. The average molecular weight is 378 g/mol. The van der Waals surface area contributed by atoms with Crippen molar-refractivity contribution in [2.24, 2.45) is 0 Å². The molecular weight excluding hydrogens is 357 g/mol. The third-order valence-corrected chi connectivity index (χ3v) is 4.84. The van der Waals surface area contributed by atoms with Gasteiger partial charge in [0.2, 0.25) is 0 Å². The van der Waals surface area contributed by atoms with E-state index in [9.17, 15) is 5.11 Å². The van der Waals surface area contributed by atoms with Gasteiger partial charge in [-0.2, -0.15) is 0 Å². The van der Waals surface area contributed by atoms with Crippen LogP contribution in [0.3, 0.4) is 0 Å². The molecule has 1 heterocycles. The summed E-state index contributed by atoms with van der Waals surface area (Å²) in [6.45, 7) is 2.47. The largest absolute Gasteiger partial charge is 0.488 e. The molecule has 0 saturated heterocycles. The van der Waals surface area contributed by atoms with Crippen molar-refractivity contribution in [2.75, 3.05) is 26.2 Å². The van der Waals surface area contributed by atoms with Crippen LogP contribution in [0.4, 0.5) is 0 Å². The number of nitrogens with zero attached hydrogens (tertiary/aromatic N) is 1. The van der Waals surface area contributed by atoms with Gasteiger partial charge in [-0.1, -0.05) is 65.7 Å². The fraction of sp³-hybridized carbons (Fsp3) is 0.300. The number of aliphatic hydroxyl groups excluding tert-OH is 1. The second kappa shape index (κ2) is 8.72. The summed E-state index contributed by atoms with van der Waals surface area (Å²) in [7, 11) is 0. The molecule has 0 aromatic heterocycles. The maximum Gasteiger partial charge on any atom is 0.156 e. The van der Waals surface area contributed by atoms with E-state index in [4.69, 9.17) is 27.9 Å². The van der Waals surface area contributed by atoms with E-state index in [0.29, 0.717) is 22.3 Å². The van der Waals surface area contributed by atoms with Crippen LogP contribution in [0.2, 0.25) is 10.0 Å². The SMILES string of the molecule is OC(COc1c(Cl)cccc1Cl)CN1CC=C(c2ccccc2)CC1. The molecule has 0 saturated carbocycles. The van der Waals surface area contributed by atoms with Crippen molar-refractivity contribution in [1.29, 1.82) is 0 Å². The average Bonchev–Trinajstić information content (AvgIpc) is 2.63. The molecule has 0 bridgehead atoms. The van der Waals surface area contributed by atoms with Crippen LogP contribution in [0.5, 0.6) is 5.75 Å². The molecule has 0 spiro atoms. The van der Waals surface area contributed by atoms with Gasteiger partial charge in [0.25, 0.3) is 0 Å². The van der Waals surface area contributed by atoms with Gasteiger partial charge in [0.1, 0.15) is 12.7 Å². The molecule has 2 aromatic carbocycles. The van der Waals surface area contributed by atoms with Crippen LogP contribution in [-0.4, -0.2) is 42.4 Å². The lowest BCUT2D eigenvalue weighted by atomic mass is 9.99. The lowest BCUT2D eigenvalue weighted by Crippen LogP contribution is -2.38.